The van der Waals surface area contributed by atoms with Crippen molar-refractivity contribution in [1.29, 1.82) is 0 Å². The van der Waals surface area contributed by atoms with Crippen molar-refractivity contribution in [3.05, 3.63) is 0 Å². The van der Waals surface area contributed by atoms with Crippen LogP contribution in [0.3, 0.4) is 0 Å². The molecule has 0 aliphatic carbocycles. The van der Waals surface area contributed by atoms with E-state index in [1.54, 1.807) is 0 Å². The molecule has 90 valence electrons. The predicted molar refractivity (Wildman–Crippen MR) is 67.4 cm³/mol. The van der Waals surface area contributed by atoms with E-state index in [0.717, 1.165) is 19.5 Å². The maximum absolute atomic E-state index is 9.28. The van der Waals surface area contributed by atoms with Gasteiger partial charge in [0, 0.05) is 12.3 Å². The van der Waals surface area contributed by atoms with Crippen molar-refractivity contribution < 1.29 is 9.11 Å². The van der Waals surface area contributed by atoms with E-state index in [9.17, 15) is 9.11 Å². The van der Waals surface area contributed by atoms with Crippen LogP contribution in [0.2, 0.25) is 0 Å². The van der Waals surface area contributed by atoms with Gasteiger partial charge in [0.2, 0.25) is 0 Å². The number of hydrogen-bond donors (Lipinski definition) is 2. The maximum atomic E-state index is 9.28. The maximum Gasteiger partial charge on any atom is 0.0501 e. The first-order valence-corrected chi connectivity index (χ1v) is 7.41. The van der Waals surface area contributed by atoms with E-state index in [2.05, 4.69) is 4.90 Å². The largest absolute Gasteiger partial charge is 0.305 e. The molecule has 0 spiro atoms. The fourth-order valence-electron chi connectivity index (χ4n) is 1.08. The van der Waals surface area contributed by atoms with Gasteiger partial charge in [0.15, 0.2) is 0 Å². The Balaban J connectivity index is 0. The second-order valence-electron chi connectivity index (χ2n) is 2.87. The molecule has 1 saturated heterocycles. The van der Waals surface area contributed by atoms with Gasteiger partial charge < -0.3 is 4.90 Å². The zero-order valence-corrected chi connectivity index (χ0v) is 11.1. The smallest absolute Gasteiger partial charge is 0.0501 e. The standard InChI is InChI=1S/C6H15NO2S.2C2H6/c1-7-3-2-5-10(8,9)6-4-7;2*1-2/h8-9H,2-6H2,1H3;2*1-2H3. The summed E-state index contributed by atoms with van der Waals surface area (Å²) in [5.41, 5.74) is 0. The quantitative estimate of drug-likeness (QED) is 0.665. The van der Waals surface area contributed by atoms with Crippen LogP contribution in [0.25, 0.3) is 0 Å². The van der Waals surface area contributed by atoms with E-state index in [0.29, 0.717) is 11.5 Å². The molecular weight excluding hydrogens is 198 g/mol. The molecule has 1 fully saturated rings. The molecule has 1 aliphatic rings. The lowest BCUT2D eigenvalue weighted by Gasteiger charge is -2.30. The lowest BCUT2D eigenvalue weighted by Crippen LogP contribution is -2.21. The first kappa shape index (κ1) is 16.7. The molecule has 0 aromatic rings. The van der Waals surface area contributed by atoms with E-state index < -0.39 is 10.6 Å². The van der Waals surface area contributed by atoms with Gasteiger partial charge in [0.1, 0.15) is 0 Å². The summed E-state index contributed by atoms with van der Waals surface area (Å²) >= 11 is 0. The highest BCUT2D eigenvalue weighted by molar-refractivity contribution is 8.24. The van der Waals surface area contributed by atoms with Crippen LogP contribution >= 0.6 is 10.6 Å². The molecule has 0 unspecified atom stereocenters. The Hall–Kier alpha value is 0.230. The van der Waals surface area contributed by atoms with Crippen LogP contribution in [0, 0.1) is 0 Å². The average Bonchev–Trinajstić information content (AvgIpc) is 2.35. The molecule has 3 nitrogen and oxygen atoms in total. The van der Waals surface area contributed by atoms with Crippen LogP contribution in [0.4, 0.5) is 0 Å². The normalized spacial score (nSPS) is 23.1. The third kappa shape index (κ3) is 8.81. The van der Waals surface area contributed by atoms with Crippen LogP contribution in [-0.4, -0.2) is 45.6 Å². The molecule has 2 N–H and O–H groups in total. The van der Waals surface area contributed by atoms with Crippen molar-refractivity contribution in [2.75, 3.05) is 31.6 Å². The number of nitrogens with zero attached hydrogens (tertiary/aromatic N) is 1. The van der Waals surface area contributed by atoms with Gasteiger partial charge in [-0.15, -0.1) is 0 Å². The minimum atomic E-state index is -2.19. The van der Waals surface area contributed by atoms with E-state index in [1.807, 2.05) is 34.7 Å². The van der Waals surface area contributed by atoms with Crippen molar-refractivity contribution in [3.8, 4) is 0 Å². The first-order valence-electron chi connectivity index (χ1n) is 5.52. The Labute approximate surface area is 90.9 Å². The van der Waals surface area contributed by atoms with Crippen LogP contribution < -0.4 is 0 Å². The SMILES string of the molecule is CC.CC.CN1CCCS(O)(O)CC1. The molecule has 0 atom stereocenters. The summed E-state index contributed by atoms with van der Waals surface area (Å²) in [6.07, 6.45) is 0.916. The minimum absolute atomic E-state index is 0.559. The second-order valence-corrected chi connectivity index (χ2v) is 5.29. The average molecular weight is 225 g/mol. The monoisotopic (exact) mass is 225 g/mol. The van der Waals surface area contributed by atoms with Crippen LogP contribution in [0.1, 0.15) is 34.1 Å². The van der Waals surface area contributed by atoms with Gasteiger partial charge in [-0.2, -0.15) is 10.6 Å². The highest BCUT2D eigenvalue weighted by atomic mass is 32.3. The van der Waals surface area contributed by atoms with Crippen molar-refractivity contribution in [1.82, 2.24) is 4.90 Å². The molecule has 1 heterocycles. The molecule has 14 heavy (non-hydrogen) atoms. The van der Waals surface area contributed by atoms with Crippen molar-refractivity contribution in [2.45, 2.75) is 34.1 Å². The van der Waals surface area contributed by atoms with Crippen LogP contribution in [0.5, 0.6) is 0 Å². The molecule has 0 saturated carbocycles. The molecule has 0 bridgehead atoms. The molecule has 1 aliphatic heterocycles. The van der Waals surface area contributed by atoms with Gasteiger partial charge in [-0.05, 0) is 20.0 Å². The summed E-state index contributed by atoms with van der Waals surface area (Å²) in [7, 11) is -0.179. The van der Waals surface area contributed by atoms with Gasteiger partial charge in [0.05, 0.1) is 5.75 Å². The molecule has 0 amide bonds. The first-order chi connectivity index (χ1) is 6.60. The van der Waals surface area contributed by atoms with E-state index in [1.165, 1.54) is 0 Å². The third-order valence-corrected chi connectivity index (χ3v) is 3.59. The third-order valence-electron chi connectivity index (χ3n) is 1.81. The minimum Gasteiger partial charge on any atom is -0.305 e. The zero-order chi connectivity index (χ0) is 11.6. The Kier molecular flexibility index (Phi) is 11.6. The molecule has 0 radical (unpaired) electrons. The fourth-order valence-corrected chi connectivity index (χ4v) is 2.48. The van der Waals surface area contributed by atoms with Crippen LogP contribution in [-0.2, 0) is 0 Å². The van der Waals surface area contributed by atoms with Crippen LogP contribution in [0.15, 0.2) is 0 Å². The van der Waals surface area contributed by atoms with Gasteiger partial charge in [-0.3, -0.25) is 9.11 Å². The number of hydrogen-bond acceptors (Lipinski definition) is 3. The summed E-state index contributed by atoms with van der Waals surface area (Å²) in [6, 6.07) is 0. The van der Waals surface area contributed by atoms with E-state index in [4.69, 9.17) is 0 Å². The van der Waals surface area contributed by atoms with E-state index in [-0.39, 0.29) is 0 Å². The van der Waals surface area contributed by atoms with Gasteiger partial charge in [-0.25, -0.2) is 0 Å². The van der Waals surface area contributed by atoms with Crippen molar-refractivity contribution in [2.24, 2.45) is 0 Å². The van der Waals surface area contributed by atoms with Gasteiger partial charge in [-0.1, -0.05) is 27.7 Å². The Morgan fingerprint density at radius 1 is 0.929 bits per heavy atom. The van der Waals surface area contributed by atoms with Gasteiger partial charge >= 0.3 is 0 Å². The number of rotatable bonds is 0. The Morgan fingerprint density at radius 3 is 1.93 bits per heavy atom. The lowest BCUT2D eigenvalue weighted by atomic mass is 10.4. The van der Waals surface area contributed by atoms with E-state index >= 15 is 0 Å². The topological polar surface area (TPSA) is 43.7 Å². The van der Waals surface area contributed by atoms with Gasteiger partial charge in [0.25, 0.3) is 0 Å². The Bertz CT molecular complexity index is 121. The predicted octanol–water partition coefficient (Wildman–Crippen LogP) is 3.12. The summed E-state index contributed by atoms with van der Waals surface area (Å²) in [5.74, 6) is 1.15. The molecule has 1 rings (SSSR count). The van der Waals surface area contributed by atoms with Crippen molar-refractivity contribution >= 4 is 10.6 Å². The molecule has 0 aromatic heterocycles. The fraction of sp³-hybridized carbons (Fsp3) is 1.00. The van der Waals surface area contributed by atoms with Crippen molar-refractivity contribution in [3.63, 3.8) is 0 Å². The lowest BCUT2D eigenvalue weighted by molar-refractivity contribution is 0.361. The Morgan fingerprint density at radius 2 is 1.43 bits per heavy atom. The molecule has 4 heteroatoms. The highest BCUT2D eigenvalue weighted by Gasteiger charge is 2.16. The summed E-state index contributed by atoms with van der Waals surface area (Å²) in [4.78, 5) is 2.14. The molecule has 0 aromatic carbocycles. The summed E-state index contributed by atoms with van der Waals surface area (Å²) < 4.78 is 18.6. The summed E-state index contributed by atoms with van der Waals surface area (Å²) in [5, 5.41) is 0. The highest BCUT2D eigenvalue weighted by Crippen LogP contribution is 2.39. The summed E-state index contributed by atoms with van der Waals surface area (Å²) in [6.45, 7) is 9.82. The zero-order valence-electron chi connectivity index (χ0n) is 10.3. The second kappa shape index (κ2) is 9.77. The molecular formula is C10H27NO2S.